The molecule has 5 rings (SSSR count). The van der Waals surface area contributed by atoms with Crippen molar-refractivity contribution in [3.8, 4) is 17.4 Å². The highest BCUT2D eigenvalue weighted by Crippen LogP contribution is 2.61. The lowest BCUT2D eigenvalue weighted by Crippen LogP contribution is -2.33. The second kappa shape index (κ2) is 11.8. The van der Waals surface area contributed by atoms with E-state index in [4.69, 9.17) is 20.6 Å². The number of imidazole rings is 1. The molecular weight excluding hydrogens is 636 g/mol. The zero-order valence-corrected chi connectivity index (χ0v) is 23.7. The fourth-order valence-corrected chi connectivity index (χ4v) is 6.14. The summed E-state index contributed by atoms with van der Waals surface area (Å²) in [5.74, 6) is -3.54. The maximum Gasteiger partial charge on any atom is 0.481 e. The SMILES string of the molecule is NC(=O)c1ccc[n+](-c2oc(COP(=O)(O)OP(=O)(O)OC[C@H]3O[C@H](n4cnc5c(N)ncnc54)[C@H](O)[C@@H]3O)c(O)c2O)c1. The number of aromatic hydroxyl groups is 2. The van der Waals surface area contributed by atoms with E-state index in [1.165, 1.54) is 35.4 Å². The van der Waals surface area contributed by atoms with E-state index in [1.807, 2.05) is 0 Å². The Kier molecular flexibility index (Phi) is 8.44. The number of fused-ring (bicyclic) bond motifs is 1. The summed E-state index contributed by atoms with van der Waals surface area (Å²) in [5, 5.41) is 41.2. The number of phosphoric acid groups is 2. The van der Waals surface area contributed by atoms with Crippen molar-refractivity contribution in [2.45, 2.75) is 31.1 Å². The molecule has 0 bridgehead atoms. The van der Waals surface area contributed by atoms with Gasteiger partial charge in [-0.25, -0.2) is 24.1 Å². The third-order valence-electron chi connectivity index (χ3n) is 6.20. The van der Waals surface area contributed by atoms with Crippen LogP contribution >= 0.6 is 15.6 Å². The number of nitrogen functional groups attached to an aromatic ring is 1. The van der Waals surface area contributed by atoms with Gasteiger partial charge in [-0.15, -0.1) is 4.57 Å². The number of aromatic nitrogens is 5. The molecule has 2 unspecified atom stereocenters. The van der Waals surface area contributed by atoms with Gasteiger partial charge in [0, 0.05) is 6.07 Å². The van der Waals surface area contributed by atoms with Gasteiger partial charge in [-0.3, -0.25) is 18.4 Å². The maximum atomic E-state index is 12.4. The van der Waals surface area contributed by atoms with Crippen LogP contribution in [0, 0.1) is 0 Å². The summed E-state index contributed by atoms with van der Waals surface area (Å²) in [5.41, 5.74) is 11.3. The van der Waals surface area contributed by atoms with Gasteiger partial charge < -0.3 is 50.8 Å². The number of nitrogens with two attached hydrogens (primary N) is 2. The number of carbonyl (C=O) groups is 1. The van der Waals surface area contributed by atoms with Crippen molar-refractivity contribution in [2.75, 3.05) is 12.3 Å². The molecular formula is C21H24N7O14P2+. The van der Waals surface area contributed by atoms with Crippen LogP contribution in [-0.4, -0.2) is 80.6 Å². The van der Waals surface area contributed by atoms with Gasteiger partial charge in [0.2, 0.25) is 5.75 Å². The van der Waals surface area contributed by atoms with E-state index in [0.717, 1.165) is 10.9 Å². The van der Waals surface area contributed by atoms with Crippen molar-refractivity contribution in [1.29, 1.82) is 0 Å². The Morgan fingerprint density at radius 2 is 1.82 bits per heavy atom. The highest BCUT2D eigenvalue weighted by molar-refractivity contribution is 7.61. The van der Waals surface area contributed by atoms with E-state index in [-0.39, 0.29) is 22.5 Å². The number of aliphatic hydroxyl groups is 2. The minimum Gasteiger partial charge on any atom is -0.502 e. The van der Waals surface area contributed by atoms with Gasteiger partial charge in [-0.05, 0) is 6.07 Å². The molecule has 44 heavy (non-hydrogen) atoms. The molecule has 5 heterocycles. The molecule has 1 aliphatic heterocycles. The van der Waals surface area contributed by atoms with Gasteiger partial charge >= 0.3 is 21.5 Å². The summed E-state index contributed by atoms with van der Waals surface area (Å²) in [7, 11) is -10.8. The molecule has 4 aromatic heterocycles. The van der Waals surface area contributed by atoms with Gasteiger partial charge in [0.05, 0.1) is 12.9 Å². The molecule has 1 fully saturated rings. The van der Waals surface area contributed by atoms with Crippen LogP contribution in [0.1, 0.15) is 22.3 Å². The molecule has 0 radical (unpaired) electrons. The number of furan rings is 1. The first-order chi connectivity index (χ1) is 20.7. The molecule has 1 amide bonds. The van der Waals surface area contributed by atoms with Gasteiger partial charge in [0.1, 0.15) is 42.3 Å². The molecule has 1 aliphatic rings. The van der Waals surface area contributed by atoms with E-state index < -0.39 is 82.4 Å². The van der Waals surface area contributed by atoms with Crippen molar-refractivity contribution in [1.82, 2.24) is 19.5 Å². The predicted octanol–water partition coefficient (Wildman–Crippen LogP) is -1.14. The maximum absolute atomic E-state index is 12.4. The molecule has 21 nitrogen and oxygen atoms in total. The zero-order valence-electron chi connectivity index (χ0n) is 21.9. The van der Waals surface area contributed by atoms with Gasteiger partial charge in [0.15, 0.2) is 35.8 Å². The Bertz CT molecular complexity index is 1810. The summed E-state index contributed by atoms with van der Waals surface area (Å²) >= 11 is 0. The number of aliphatic hydroxyl groups excluding tert-OH is 2. The van der Waals surface area contributed by atoms with E-state index in [9.17, 15) is 44.1 Å². The second-order valence-corrected chi connectivity index (χ2v) is 12.2. The van der Waals surface area contributed by atoms with Crippen molar-refractivity contribution >= 4 is 38.5 Å². The number of carbonyl (C=O) groups excluding carboxylic acids is 1. The summed E-state index contributed by atoms with van der Waals surface area (Å²) in [6, 6.07) is 2.75. The van der Waals surface area contributed by atoms with E-state index in [2.05, 4.69) is 28.3 Å². The summed E-state index contributed by atoms with van der Waals surface area (Å²) in [4.78, 5) is 43.2. The zero-order chi connectivity index (χ0) is 32.0. The highest BCUT2D eigenvalue weighted by atomic mass is 31.3. The lowest BCUT2D eigenvalue weighted by atomic mass is 10.1. The van der Waals surface area contributed by atoms with Crippen LogP contribution in [0.25, 0.3) is 17.0 Å². The lowest BCUT2D eigenvalue weighted by molar-refractivity contribution is -0.610. The standard InChI is InChI=1S/C21H23N7O14P2/c22-17-12-19(25-7-24-17)28(8-26-12)21-16(32)14(30)11(41-21)6-39-44(36,37)42-43(34,35)38-5-10-13(29)15(31)20(40-10)27-3-1-2-9(4-27)18(23)33/h1-4,7-8,11,14,16,21,30,32H,5-6H2,(H7-,22,23,24,25,29,31,33,34,35,36,37)/p+1/t11-,14-,16-,21+/m1/s1. The number of primary amides is 1. The van der Waals surface area contributed by atoms with Crippen molar-refractivity contribution in [3.05, 3.63) is 48.5 Å². The highest BCUT2D eigenvalue weighted by Gasteiger charge is 2.46. The molecule has 23 heteroatoms. The summed E-state index contributed by atoms with van der Waals surface area (Å²) in [6.45, 7) is -1.97. The molecule has 6 atom stereocenters. The minimum atomic E-state index is -5.42. The second-order valence-electron chi connectivity index (χ2n) is 9.11. The Morgan fingerprint density at radius 3 is 2.55 bits per heavy atom. The van der Waals surface area contributed by atoms with Crippen LogP contribution in [0.4, 0.5) is 5.82 Å². The Labute approximate surface area is 244 Å². The molecule has 0 aliphatic carbocycles. The van der Waals surface area contributed by atoms with Crippen molar-refractivity contribution in [2.24, 2.45) is 5.73 Å². The first-order valence-electron chi connectivity index (χ1n) is 12.1. The van der Waals surface area contributed by atoms with Gasteiger partial charge in [0.25, 0.3) is 11.7 Å². The number of ether oxygens (including phenoxy) is 1. The van der Waals surface area contributed by atoms with Gasteiger partial charge in [-0.1, -0.05) is 0 Å². The number of hydrogen-bond acceptors (Lipinski definition) is 16. The van der Waals surface area contributed by atoms with Crippen LogP contribution < -0.4 is 16.0 Å². The van der Waals surface area contributed by atoms with Crippen LogP contribution in [0.5, 0.6) is 11.5 Å². The van der Waals surface area contributed by atoms with Crippen LogP contribution in [-0.2, 0) is 33.8 Å². The Morgan fingerprint density at radius 1 is 1.09 bits per heavy atom. The monoisotopic (exact) mass is 660 g/mol. The van der Waals surface area contributed by atoms with E-state index >= 15 is 0 Å². The Balaban J connectivity index is 1.20. The van der Waals surface area contributed by atoms with Crippen LogP contribution in [0.3, 0.4) is 0 Å². The first kappa shape index (κ1) is 31.4. The third kappa shape index (κ3) is 6.28. The van der Waals surface area contributed by atoms with Crippen LogP contribution in [0.15, 0.2) is 41.6 Å². The molecule has 236 valence electrons. The quantitative estimate of drug-likeness (QED) is 0.0696. The minimum absolute atomic E-state index is 0.0167. The van der Waals surface area contributed by atoms with Gasteiger partial charge in [-0.2, -0.15) is 4.31 Å². The van der Waals surface area contributed by atoms with Crippen molar-refractivity contribution < 1.29 is 71.2 Å². The predicted molar refractivity (Wildman–Crippen MR) is 139 cm³/mol. The molecule has 10 N–H and O–H groups in total. The smallest absolute Gasteiger partial charge is 0.481 e. The normalized spacial score (nSPS) is 23.0. The average Bonchev–Trinajstić information content (AvgIpc) is 3.61. The number of nitrogens with zero attached hydrogens (tertiary/aromatic N) is 5. The number of hydrogen-bond donors (Lipinski definition) is 8. The van der Waals surface area contributed by atoms with Crippen LogP contribution in [0.2, 0.25) is 0 Å². The third-order valence-corrected chi connectivity index (χ3v) is 8.78. The first-order valence-corrected chi connectivity index (χ1v) is 15.1. The number of anilines is 1. The molecule has 1 saturated heterocycles. The van der Waals surface area contributed by atoms with E-state index in [0.29, 0.717) is 0 Å². The Hall–Kier alpha value is -4.01. The fraction of sp³-hybridized carbons (Fsp3) is 0.286. The summed E-state index contributed by atoms with van der Waals surface area (Å²) < 4.78 is 51.4. The van der Waals surface area contributed by atoms with E-state index in [1.54, 1.807) is 0 Å². The molecule has 0 aromatic carbocycles. The fourth-order valence-electron chi connectivity index (χ4n) is 4.11. The number of amides is 1. The molecule has 4 aromatic rings. The topological polar surface area (TPSA) is 322 Å². The lowest BCUT2D eigenvalue weighted by Gasteiger charge is -2.19. The average molecular weight is 660 g/mol. The molecule has 0 spiro atoms. The summed E-state index contributed by atoms with van der Waals surface area (Å²) in [6.07, 6.45) is -1.15. The van der Waals surface area contributed by atoms with Crippen molar-refractivity contribution in [3.63, 3.8) is 0 Å². The number of rotatable bonds is 11. The largest absolute Gasteiger partial charge is 0.502 e. The number of pyridine rings is 1. The number of phosphoric ester groups is 2. The molecule has 0 saturated carbocycles.